The number of nitrogens with one attached hydrogen (secondary N) is 1. The zero-order valence-electron chi connectivity index (χ0n) is 12.5. The Balaban J connectivity index is 2.40. The number of hydrogen-bond donors (Lipinski definition) is 1. The van der Waals surface area contributed by atoms with Gasteiger partial charge >= 0.3 is 5.51 Å². The van der Waals surface area contributed by atoms with E-state index in [2.05, 4.69) is 5.32 Å². The van der Waals surface area contributed by atoms with E-state index in [1.54, 1.807) is 0 Å². The van der Waals surface area contributed by atoms with Gasteiger partial charge in [0.2, 0.25) is 5.91 Å². The number of carbonyl (C=O) groups is 1. The van der Waals surface area contributed by atoms with Crippen molar-refractivity contribution in [3.05, 3.63) is 35.9 Å². The summed E-state index contributed by atoms with van der Waals surface area (Å²) in [5.74, 6) is 0.459. The van der Waals surface area contributed by atoms with Crippen molar-refractivity contribution in [2.75, 3.05) is 12.3 Å². The monoisotopic (exact) mass is 351 g/mol. The number of alkyl halides is 3. The highest BCUT2D eigenvalue weighted by Gasteiger charge is 2.28. The first kappa shape index (κ1) is 19.2. The molecule has 0 fully saturated rings. The largest absolute Gasteiger partial charge is 0.441 e. The number of amides is 1. The van der Waals surface area contributed by atoms with Gasteiger partial charge in [-0.05, 0) is 23.2 Å². The van der Waals surface area contributed by atoms with E-state index in [1.165, 1.54) is 11.8 Å². The van der Waals surface area contributed by atoms with E-state index in [4.69, 9.17) is 0 Å². The Labute approximate surface area is 137 Å². The van der Waals surface area contributed by atoms with Crippen molar-refractivity contribution in [2.45, 2.75) is 30.4 Å². The van der Waals surface area contributed by atoms with Crippen LogP contribution in [0.5, 0.6) is 0 Å². The maximum Gasteiger partial charge on any atom is 0.441 e. The predicted molar refractivity (Wildman–Crippen MR) is 87.9 cm³/mol. The molecule has 22 heavy (non-hydrogen) atoms. The molecule has 2 nitrogen and oxygen atoms in total. The minimum Gasteiger partial charge on any atom is -0.354 e. The number of thioether (sulfide) groups is 2. The summed E-state index contributed by atoms with van der Waals surface area (Å²) < 4.78 is 36.1. The standard InChI is InChI=1S/C15H20F3NOS2/c1-11(2)13(21-10-12-6-4-3-5-7-12)14(20)19-8-9-22-15(16,17)18/h3-7,11,13H,8-10H2,1-2H3,(H,19,20)/t13-/m0/s1. The molecule has 1 aromatic rings. The van der Waals surface area contributed by atoms with Crippen molar-refractivity contribution >= 4 is 29.4 Å². The minimum atomic E-state index is -4.25. The van der Waals surface area contributed by atoms with Crippen LogP contribution in [0, 0.1) is 5.92 Å². The van der Waals surface area contributed by atoms with E-state index < -0.39 is 5.51 Å². The van der Waals surface area contributed by atoms with Gasteiger partial charge in [-0.1, -0.05) is 44.2 Å². The zero-order chi connectivity index (χ0) is 16.6. The van der Waals surface area contributed by atoms with Gasteiger partial charge in [0.15, 0.2) is 0 Å². The Bertz CT molecular complexity index is 452. The van der Waals surface area contributed by atoms with E-state index in [0.29, 0.717) is 5.75 Å². The van der Waals surface area contributed by atoms with Crippen molar-refractivity contribution in [1.82, 2.24) is 5.32 Å². The van der Waals surface area contributed by atoms with Gasteiger partial charge in [0.25, 0.3) is 0 Å². The second-order valence-corrected chi connectivity index (χ2v) is 7.34. The minimum absolute atomic E-state index is 0.0259. The molecule has 0 aliphatic rings. The van der Waals surface area contributed by atoms with E-state index >= 15 is 0 Å². The Morgan fingerprint density at radius 2 is 1.86 bits per heavy atom. The first-order valence-corrected chi connectivity index (χ1v) is 8.97. The van der Waals surface area contributed by atoms with Crippen molar-refractivity contribution in [1.29, 1.82) is 0 Å². The second kappa shape index (κ2) is 9.35. The van der Waals surface area contributed by atoms with Crippen LogP contribution in [0.2, 0.25) is 0 Å². The molecule has 1 rings (SSSR count). The summed E-state index contributed by atoms with van der Waals surface area (Å²) >= 11 is 1.40. The molecule has 1 amide bonds. The summed E-state index contributed by atoms with van der Waals surface area (Å²) in [4.78, 5) is 12.1. The lowest BCUT2D eigenvalue weighted by Gasteiger charge is -2.20. The van der Waals surface area contributed by atoms with Gasteiger partial charge in [-0.3, -0.25) is 4.79 Å². The van der Waals surface area contributed by atoms with Gasteiger partial charge in [0.05, 0.1) is 5.25 Å². The van der Waals surface area contributed by atoms with Crippen LogP contribution in [0.3, 0.4) is 0 Å². The molecule has 0 heterocycles. The van der Waals surface area contributed by atoms with Crippen molar-refractivity contribution in [3.8, 4) is 0 Å². The molecule has 0 spiro atoms. The lowest BCUT2D eigenvalue weighted by molar-refractivity contribution is -0.121. The highest BCUT2D eigenvalue weighted by Crippen LogP contribution is 2.29. The van der Waals surface area contributed by atoms with Gasteiger partial charge in [-0.15, -0.1) is 11.8 Å². The van der Waals surface area contributed by atoms with Gasteiger partial charge in [-0.2, -0.15) is 13.2 Å². The topological polar surface area (TPSA) is 29.1 Å². The Morgan fingerprint density at radius 3 is 2.41 bits per heavy atom. The molecule has 0 aromatic heterocycles. The SMILES string of the molecule is CC(C)[C@H](SCc1ccccc1)C(=O)NCCSC(F)(F)F. The first-order valence-electron chi connectivity index (χ1n) is 6.93. The van der Waals surface area contributed by atoms with Crippen LogP contribution in [0.15, 0.2) is 30.3 Å². The third-order valence-electron chi connectivity index (χ3n) is 2.80. The molecule has 0 aliphatic heterocycles. The maximum absolute atomic E-state index is 12.1. The molecule has 0 saturated heterocycles. The number of benzene rings is 1. The number of hydrogen-bond acceptors (Lipinski definition) is 3. The van der Waals surface area contributed by atoms with Gasteiger partial charge in [-0.25, -0.2) is 0 Å². The Kier molecular flexibility index (Phi) is 8.17. The fraction of sp³-hybridized carbons (Fsp3) is 0.533. The molecule has 0 unspecified atom stereocenters. The molecule has 0 radical (unpaired) electrons. The second-order valence-electron chi connectivity index (χ2n) is 5.05. The third-order valence-corrected chi connectivity index (χ3v) is 5.16. The van der Waals surface area contributed by atoms with Crippen molar-refractivity contribution in [3.63, 3.8) is 0 Å². The molecule has 0 aliphatic carbocycles. The summed E-state index contributed by atoms with van der Waals surface area (Å²) in [6.07, 6.45) is 0. The molecule has 1 aromatic carbocycles. The number of rotatable bonds is 8. The highest BCUT2D eigenvalue weighted by molar-refractivity contribution is 8.00. The normalized spacial score (nSPS) is 13.2. The lowest BCUT2D eigenvalue weighted by atomic mass is 10.1. The maximum atomic E-state index is 12.1. The number of halogens is 3. The highest BCUT2D eigenvalue weighted by atomic mass is 32.2. The quantitative estimate of drug-likeness (QED) is 0.708. The van der Waals surface area contributed by atoms with Crippen LogP contribution in [-0.2, 0) is 10.5 Å². The smallest absolute Gasteiger partial charge is 0.354 e. The zero-order valence-corrected chi connectivity index (χ0v) is 14.2. The molecule has 0 bridgehead atoms. The van der Waals surface area contributed by atoms with E-state index in [9.17, 15) is 18.0 Å². The fourth-order valence-corrected chi connectivity index (χ4v) is 3.39. The van der Waals surface area contributed by atoms with Crippen LogP contribution < -0.4 is 5.32 Å². The summed E-state index contributed by atoms with van der Waals surface area (Å²) in [5.41, 5.74) is -3.12. The fourth-order valence-electron chi connectivity index (χ4n) is 1.77. The average molecular weight is 351 g/mol. The summed E-state index contributed by atoms with van der Waals surface area (Å²) in [7, 11) is 0. The molecular formula is C15H20F3NOS2. The molecule has 7 heteroatoms. The molecule has 124 valence electrons. The van der Waals surface area contributed by atoms with Gasteiger partial charge in [0, 0.05) is 18.1 Å². The third kappa shape index (κ3) is 7.98. The van der Waals surface area contributed by atoms with Gasteiger partial charge < -0.3 is 5.32 Å². The Morgan fingerprint density at radius 1 is 1.23 bits per heavy atom. The van der Waals surface area contributed by atoms with E-state index in [-0.39, 0.29) is 41.1 Å². The molecule has 1 N–H and O–H groups in total. The van der Waals surface area contributed by atoms with Gasteiger partial charge in [0.1, 0.15) is 0 Å². The van der Waals surface area contributed by atoms with Crippen molar-refractivity contribution < 1.29 is 18.0 Å². The number of carbonyl (C=O) groups excluding carboxylic acids is 1. The van der Waals surface area contributed by atoms with Crippen LogP contribution in [-0.4, -0.2) is 29.0 Å². The van der Waals surface area contributed by atoms with E-state index in [0.717, 1.165) is 5.56 Å². The summed E-state index contributed by atoms with van der Waals surface area (Å²) in [6, 6.07) is 9.78. The lowest BCUT2D eigenvalue weighted by Crippen LogP contribution is -2.37. The summed E-state index contributed by atoms with van der Waals surface area (Å²) in [5, 5.41) is 2.32. The van der Waals surface area contributed by atoms with E-state index in [1.807, 2.05) is 44.2 Å². The Hall–Kier alpha value is -0.820. The van der Waals surface area contributed by atoms with Crippen LogP contribution in [0.1, 0.15) is 19.4 Å². The van der Waals surface area contributed by atoms with Crippen LogP contribution in [0.4, 0.5) is 13.2 Å². The van der Waals surface area contributed by atoms with Crippen molar-refractivity contribution in [2.24, 2.45) is 5.92 Å². The average Bonchev–Trinajstić information content (AvgIpc) is 2.43. The molecule has 1 atom stereocenters. The summed E-state index contributed by atoms with van der Waals surface area (Å²) in [6.45, 7) is 3.90. The van der Waals surface area contributed by atoms with Crippen LogP contribution in [0.25, 0.3) is 0 Å². The first-order chi connectivity index (χ1) is 10.3. The molecular weight excluding hydrogens is 331 g/mol. The predicted octanol–water partition coefficient (Wildman–Crippen LogP) is 4.31. The van der Waals surface area contributed by atoms with Crippen LogP contribution >= 0.6 is 23.5 Å². The molecule has 0 saturated carbocycles.